The van der Waals surface area contributed by atoms with Gasteiger partial charge >= 0.3 is 181 Å². The molecule has 0 fully saturated rings. The van der Waals surface area contributed by atoms with Crippen molar-refractivity contribution in [3.8, 4) is 0 Å². The van der Waals surface area contributed by atoms with E-state index in [2.05, 4.69) is 92.6 Å². The van der Waals surface area contributed by atoms with Gasteiger partial charge in [-0.2, -0.15) is 0 Å². The number of hydrogen-bond acceptors (Lipinski definition) is 1. The van der Waals surface area contributed by atoms with Crippen molar-refractivity contribution in [2.75, 3.05) is 11.4 Å². The molecule has 0 saturated heterocycles. The SMILES string of the molecule is CCN1C(=CC(C)=Cc2[se]c3ccc(C)cc3[n+]2CC)[Se]c2ccc(C)cc21.[Br-]. The topological polar surface area (TPSA) is 7.12 Å². The Bertz CT molecular complexity index is 1110. The maximum Gasteiger partial charge on any atom is -1.00 e. The van der Waals surface area contributed by atoms with Gasteiger partial charge in [0.25, 0.3) is 0 Å². The van der Waals surface area contributed by atoms with E-state index >= 15 is 0 Å². The van der Waals surface area contributed by atoms with Crippen LogP contribution in [0.1, 0.15) is 36.5 Å². The van der Waals surface area contributed by atoms with Crippen molar-refractivity contribution in [1.29, 1.82) is 0 Å². The first-order chi connectivity index (χ1) is 13.5. The van der Waals surface area contributed by atoms with Crippen LogP contribution in [-0.2, 0) is 6.54 Å². The molecule has 0 bridgehead atoms. The molecule has 1 aliphatic rings. The molecule has 152 valence electrons. The molecule has 0 aliphatic carbocycles. The van der Waals surface area contributed by atoms with Gasteiger partial charge in [-0.1, -0.05) is 0 Å². The fraction of sp³-hybridized carbons (Fsp3) is 0.292. The van der Waals surface area contributed by atoms with Gasteiger partial charge in [-0.25, -0.2) is 0 Å². The average molecular weight is 581 g/mol. The van der Waals surface area contributed by atoms with E-state index in [0.717, 1.165) is 13.1 Å². The smallest absolute Gasteiger partial charge is 1.00 e. The van der Waals surface area contributed by atoms with Crippen LogP contribution < -0.4 is 30.9 Å². The van der Waals surface area contributed by atoms with E-state index in [1.807, 2.05) is 0 Å². The minimum atomic E-state index is 0. The Morgan fingerprint density at radius 1 is 1.07 bits per heavy atom. The molecule has 0 atom stereocenters. The summed E-state index contributed by atoms with van der Waals surface area (Å²) in [4.78, 5) is 2.50. The number of hydrogen-bond donors (Lipinski definition) is 0. The summed E-state index contributed by atoms with van der Waals surface area (Å²) in [5.74, 6) is 0. The molecule has 0 radical (unpaired) electrons. The third-order valence-electron chi connectivity index (χ3n) is 5.11. The number of nitrogens with zero attached hydrogens (tertiary/aromatic N) is 2. The summed E-state index contributed by atoms with van der Waals surface area (Å²) in [6.07, 6.45) is 4.84. The fourth-order valence-electron chi connectivity index (χ4n) is 3.72. The van der Waals surface area contributed by atoms with Crippen molar-refractivity contribution >= 4 is 55.5 Å². The van der Waals surface area contributed by atoms with Crippen LogP contribution in [-0.4, -0.2) is 36.0 Å². The normalized spacial score (nSPS) is 15.1. The standard InChI is InChI=1S/C24H27N2Se2.BrH/c1-6-25-19-12-16(3)8-10-21(19)27-23(25)14-18(5)15-24-26(7-2)20-13-17(4)9-11-22(20)28-24;/h8-15H,6-7H2,1-5H3;1H/q+1;/p-1. The van der Waals surface area contributed by atoms with Gasteiger partial charge in [-0.3, -0.25) is 0 Å². The van der Waals surface area contributed by atoms with Crippen LogP contribution in [0.4, 0.5) is 5.69 Å². The second-order valence-corrected chi connectivity index (χ2v) is 11.8. The third kappa shape index (κ3) is 4.50. The number of rotatable bonds is 4. The van der Waals surface area contributed by atoms with E-state index in [-0.39, 0.29) is 17.0 Å². The zero-order valence-corrected chi connectivity index (χ0v) is 22.6. The molecule has 2 aromatic carbocycles. The second-order valence-electron chi connectivity index (χ2n) is 7.34. The summed E-state index contributed by atoms with van der Waals surface area (Å²) in [6.45, 7) is 13.2. The molecule has 0 spiro atoms. The molecule has 0 amide bonds. The molecule has 4 rings (SSSR count). The summed E-state index contributed by atoms with van der Waals surface area (Å²) >= 11 is 0.786. The number of benzene rings is 2. The molecule has 0 unspecified atom stereocenters. The van der Waals surface area contributed by atoms with Crippen molar-refractivity contribution in [3.63, 3.8) is 0 Å². The van der Waals surface area contributed by atoms with Crippen molar-refractivity contribution in [2.24, 2.45) is 0 Å². The van der Waals surface area contributed by atoms with Crippen molar-refractivity contribution in [1.82, 2.24) is 0 Å². The van der Waals surface area contributed by atoms with Gasteiger partial charge in [-0.05, 0) is 0 Å². The van der Waals surface area contributed by atoms with E-state index in [1.54, 1.807) is 0 Å². The number of fused-ring (bicyclic) bond motifs is 2. The summed E-state index contributed by atoms with van der Waals surface area (Å²) in [5.41, 5.74) is 6.88. The summed E-state index contributed by atoms with van der Waals surface area (Å²) in [5, 5.41) is 0. The Kier molecular flexibility index (Phi) is 7.30. The quantitative estimate of drug-likeness (QED) is 0.329. The van der Waals surface area contributed by atoms with E-state index in [9.17, 15) is 0 Å². The minimum absolute atomic E-state index is 0. The predicted molar refractivity (Wildman–Crippen MR) is 123 cm³/mol. The maximum absolute atomic E-state index is 2.50. The number of aromatic nitrogens is 1. The fourth-order valence-corrected chi connectivity index (χ4v) is 8.83. The van der Waals surface area contributed by atoms with Crippen LogP contribution in [0.25, 0.3) is 15.9 Å². The zero-order valence-electron chi connectivity index (χ0n) is 17.6. The van der Waals surface area contributed by atoms with E-state index in [0.29, 0.717) is 29.5 Å². The van der Waals surface area contributed by atoms with Gasteiger partial charge in [0.1, 0.15) is 0 Å². The number of anilines is 1. The van der Waals surface area contributed by atoms with Gasteiger partial charge in [0.2, 0.25) is 0 Å². The van der Waals surface area contributed by atoms with Gasteiger partial charge in [0, 0.05) is 0 Å². The van der Waals surface area contributed by atoms with Gasteiger partial charge < -0.3 is 17.0 Å². The molecular weight excluding hydrogens is 554 g/mol. The van der Waals surface area contributed by atoms with E-state index < -0.39 is 0 Å². The average Bonchev–Trinajstić information content (AvgIpc) is 3.17. The van der Waals surface area contributed by atoms with Crippen LogP contribution in [0.5, 0.6) is 0 Å². The molecule has 29 heavy (non-hydrogen) atoms. The summed E-state index contributed by atoms with van der Waals surface area (Å²) in [7, 11) is 0. The minimum Gasteiger partial charge on any atom is -1.00 e. The van der Waals surface area contributed by atoms with Crippen LogP contribution >= 0.6 is 0 Å². The molecule has 0 saturated carbocycles. The molecule has 3 aromatic rings. The first kappa shape index (κ1) is 22.6. The molecular formula is C24H27BrN2Se2. The van der Waals surface area contributed by atoms with Gasteiger partial charge in [-0.15, -0.1) is 0 Å². The van der Waals surface area contributed by atoms with Gasteiger partial charge in [0.15, 0.2) is 0 Å². The Balaban J connectivity index is 0.00000240. The van der Waals surface area contributed by atoms with Crippen molar-refractivity contribution in [2.45, 2.75) is 41.2 Å². The maximum atomic E-state index is 2.50. The molecule has 2 nitrogen and oxygen atoms in total. The predicted octanol–water partition coefficient (Wildman–Crippen LogP) is 0.939. The van der Waals surface area contributed by atoms with Crippen molar-refractivity contribution < 1.29 is 21.5 Å². The third-order valence-corrected chi connectivity index (χ3v) is 9.77. The van der Waals surface area contributed by atoms with E-state index in [4.69, 9.17) is 0 Å². The first-order valence-electron chi connectivity index (χ1n) is 9.89. The first-order valence-corrected chi connectivity index (χ1v) is 13.3. The number of aryl methyl sites for hydroxylation is 3. The Morgan fingerprint density at radius 3 is 2.52 bits per heavy atom. The number of halogens is 1. The summed E-state index contributed by atoms with van der Waals surface area (Å²) < 4.78 is 8.48. The van der Waals surface area contributed by atoms with Crippen LogP contribution in [0, 0.1) is 13.8 Å². The largest absolute Gasteiger partial charge is 1.00 e. The van der Waals surface area contributed by atoms with Gasteiger partial charge in [0.05, 0.1) is 0 Å². The van der Waals surface area contributed by atoms with Crippen LogP contribution in [0.3, 0.4) is 0 Å². The second kappa shape index (κ2) is 9.37. The van der Waals surface area contributed by atoms with Crippen LogP contribution in [0.2, 0.25) is 0 Å². The Labute approximate surface area is 197 Å². The van der Waals surface area contributed by atoms with Crippen LogP contribution in [0.15, 0.2) is 52.6 Å². The molecule has 2 heterocycles. The Hall–Kier alpha value is -1.09. The summed E-state index contributed by atoms with van der Waals surface area (Å²) in [6, 6.07) is 13.8. The van der Waals surface area contributed by atoms with E-state index in [1.165, 1.54) is 45.8 Å². The molecule has 5 heteroatoms. The monoisotopic (exact) mass is 582 g/mol. The number of allylic oxidation sites excluding steroid dienone is 2. The molecule has 1 aliphatic heterocycles. The molecule has 0 N–H and O–H groups in total. The Morgan fingerprint density at radius 2 is 1.79 bits per heavy atom. The van der Waals surface area contributed by atoms with Crippen molar-refractivity contribution in [3.05, 3.63) is 68.3 Å². The molecule has 1 aromatic heterocycles. The zero-order chi connectivity index (χ0) is 19.8.